The van der Waals surface area contributed by atoms with Crippen molar-refractivity contribution in [1.82, 2.24) is 0 Å². The van der Waals surface area contributed by atoms with Crippen LogP contribution < -0.4 is 0 Å². The number of ketones is 1. The summed E-state index contributed by atoms with van der Waals surface area (Å²) in [5.41, 5.74) is 1.56. The van der Waals surface area contributed by atoms with Gasteiger partial charge in [-0.05, 0) is 24.8 Å². The van der Waals surface area contributed by atoms with Gasteiger partial charge in [-0.3, -0.25) is 9.59 Å². The number of Topliss-reactive ketones (excluding diaryl/α,β-unsaturated/α-hetero) is 1. The van der Waals surface area contributed by atoms with Gasteiger partial charge in [0.15, 0.2) is 5.78 Å². The second-order valence-electron chi connectivity index (χ2n) is 4.82. The number of esters is 1. The summed E-state index contributed by atoms with van der Waals surface area (Å²) in [5.74, 6) is -0.0596. The predicted molar refractivity (Wildman–Crippen MR) is 72.9 cm³/mol. The zero-order valence-corrected chi connectivity index (χ0v) is 10.9. The Hall–Kier alpha value is -1.90. The molecule has 0 saturated carbocycles. The first-order valence-corrected chi connectivity index (χ1v) is 6.62. The highest BCUT2D eigenvalue weighted by atomic mass is 16.5. The summed E-state index contributed by atoms with van der Waals surface area (Å²) in [5, 5.41) is 0. The van der Waals surface area contributed by atoms with Crippen LogP contribution in [0.4, 0.5) is 0 Å². The fourth-order valence-electron chi connectivity index (χ4n) is 2.20. The van der Waals surface area contributed by atoms with Gasteiger partial charge in [-0.15, -0.1) is 0 Å². The fraction of sp³-hybridized carbons (Fsp3) is 0.375. The first kappa shape index (κ1) is 13.5. The maximum Gasteiger partial charge on any atom is 0.306 e. The van der Waals surface area contributed by atoms with Crippen molar-refractivity contribution in [1.29, 1.82) is 0 Å². The number of ether oxygens (including phenoxy) is 1. The average Bonchev–Trinajstić information content (AvgIpc) is 2.45. The van der Waals surface area contributed by atoms with Crippen LogP contribution in [0.25, 0.3) is 0 Å². The Bertz CT molecular complexity index is 476. The van der Waals surface area contributed by atoms with Crippen molar-refractivity contribution < 1.29 is 14.3 Å². The molecule has 0 aliphatic carbocycles. The highest BCUT2D eigenvalue weighted by Crippen LogP contribution is 2.23. The SMILES string of the molecule is C=C(CCC(=O)c1ccccc1)C1CCCC(=O)O1. The Kier molecular flexibility index (Phi) is 4.50. The van der Waals surface area contributed by atoms with Crippen LogP contribution in [0.5, 0.6) is 0 Å². The second-order valence-corrected chi connectivity index (χ2v) is 4.82. The van der Waals surface area contributed by atoms with Gasteiger partial charge in [0.2, 0.25) is 0 Å². The summed E-state index contributed by atoms with van der Waals surface area (Å²) < 4.78 is 5.24. The topological polar surface area (TPSA) is 43.4 Å². The molecule has 1 aromatic rings. The molecule has 3 nitrogen and oxygen atoms in total. The van der Waals surface area contributed by atoms with E-state index < -0.39 is 0 Å². The minimum absolute atomic E-state index is 0.101. The van der Waals surface area contributed by atoms with Crippen molar-refractivity contribution in [2.45, 2.75) is 38.2 Å². The van der Waals surface area contributed by atoms with Gasteiger partial charge in [0.1, 0.15) is 6.10 Å². The van der Waals surface area contributed by atoms with Crippen LogP contribution in [-0.4, -0.2) is 17.9 Å². The van der Waals surface area contributed by atoms with Gasteiger partial charge in [-0.1, -0.05) is 36.9 Å². The van der Waals surface area contributed by atoms with Crippen molar-refractivity contribution in [2.75, 3.05) is 0 Å². The Balaban J connectivity index is 1.83. The van der Waals surface area contributed by atoms with Gasteiger partial charge in [-0.25, -0.2) is 0 Å². The number of rotatable bonds is 5. The fourth-order valence-corrected chi connectivity index (χ4v) is 2.20. The largest absolute Gasteiger partial charge is 0.458 e. The van der Waals surface area contributed by atoms with Crippen molar-refractivity contribution >= 4 is 11.8 Å². The Morgan fingerprint density at radius 2 is 2.00 bits per heavy atom. The number of carbonyl (C=O) groups is 2. The molecule has 1 aliphatic rings. The van der Waals surface area contributed by atoms with Crippen molar-refractivity contribution in [2.24, 2.45) is 0 Å². The highest BCUT2D eigenvalue weighted by molar-refractivity contribution is 5.96. The molecule has 0 bridgehead atoms. The third kappa shape index (κ3) is 3.78. The molecule has 100 valence electrons. The molecular formula is C16H18O3. The van der Waals surface area contributed by atoms with Crippen LogP contribution in [0.2, 0.25) is 0 Å². The summed E-state index contributed by atoms with van der Waals surface area (Å²) in [6, 6.07) is 9.21. The summed E-state index contributed by atoms with van der Waals surface area (Å²) >= 11 is 0. The Morgan fingerprint density at radius 1 is 1.26 bits per heavy atom. The van der Waals surface area contributed by atoms with Crippen molar-refractivity contribution in [3.63, 3.8) is 0 Å². The molecule has 1 unspecified atom stereocenters. The maximum absolute atomic E-state index is 11.9. The normalized spacial score (nSPS) is 18.7. The lowest BCUT2D eigenvalue weighted by molar-refractivity contribution is -0.151. The average molecular weight is 258 g/mol. The molecule has 1 aromatic carbocycles. The summed E-state index contributed by atoms with van der Waals surface area (Å²) in [4.78, 5) is 23.2. The molecule has 1 heterocycles. The molecule has 0 spiro atoms. The maximum atomic E-state index is 11.9. The number of hydrogen-bond donors (Lipinski definition) is 0. The molecule has 0 aromatic heterocycles. The standard InChI is InChI=1S/C16H18O3/c1-12(15-8-5-9-16(18)19-15)10-11-14(17)13-6-3-2-4-7-13/h2-4,6-7,15H,1,5,8-11H2. The summed E-state index contributed by atoms with van der Waals surface area (Å²) in [6.45, 7) is 3.95. The predicted octanol–water partition coefficient (Wildman–Crippen LogP) is 3.30. The van der Waals surface area contributed by atoms with Crippen molar-refractivity contribution in [3.8, 4) is 0 Å². The highest BCUT2D eigenvalue weighted by Gasteiger charge is 2.22. The lowest BCUT2D eigenvalue weighted by Crippen LogP contribution is -2.25. The van der Waals surface area contributed by atoms with E-state index in [9.17, 15) is 9.59 Å². The van der Waals surface area contributed by atoms with Gasteiger partial charge < -0.3 is 4.74 Å². The zero-order chi connectivity index (χ0) is 13.7. The lowest BCUT2D eigenvalue weighted by atomic mass is 9.96. The lowest BCUT2D eigenvalue weighted by Gasteiger charge is -2.24. The van der Waals surface area contributed by atoms with E-state index in [-0.39, 0.29) is 17.9 Å². The third-order valence-corrected chi connectivity index (χ3v) is 3.35. The van der Waals surface area contributed by atoms with Crippen LogP contribution in [-0.2, 0) is 9.53 Å². The molecule has 3 heteroatoms. The van der Waals surface area contributed by atoms with Crippen LogP contribution in [0, 0.1) is 0 Å². The Morgan fingerprint density at radius 3 is 2.68 bits per heavy atom. The molecule has 0 N–H and O–H groups in total. The second kappa shape index (κ2) is 6.32. The number of benzene rings is 1. The molecule has 1 saturated heterocycles. The van der Waals surface area contributed by atoms with Crippen LogP contribution >= 0.6 is 0 Å². The molecule has 19 heavy (non-hydrogen) atoms. The van der Waals surface area contributed by atoms with Crippen molar-refractivity contribution in [3.05, 3.63) is 48.0 Å². The monoisotopic (exact) mass is 258 g/mol. The molecular weight excluding hydrogens is 240 g/mol. The third-order valence-electron chi connectivity index (χ3n) is 3.35. The smallest absolute Gasteiger partial charge is 0.306 e. The van der Waals surface area contributed by atoms with Crippen LogP contribution in [0.3, 0.4) is 0 Å². The number of cyclic esters (lactones) is 1. The summed E-state index contributed by atoms with van der Waals surface area (Å²) in [6.07, 6.45) is 2.94. The van der Waals surface area contributed by atoms with E-state index in [0.717, 1.165) is 24.0 Å². The minimum atomic E-state index is -0.204. The first-order chi connectivity index (χ1) is 9.16. The first-order valence-electron chi connectivity index (χ1n) is 6.62. The minimum Gasteiger partial charge on any atom is -0.458 e. The van der Waals surface area contributed by atoms with Gasteiger partial charge in [0.25, 0.3) is 0 Å². The van der Waals surface area contributed by atoms with Gasteiger partial charge in [0, 0.05) is 18.4 Å². The van der Waals surface area contributed by atoms with E-state index in [1.54, 1.807) is 0 Å². The molecule has 1 aliphatic heterocycles. The van der Waals surface area contributed by atoms with Crippen LogP contribution in [0.15, 0.2) is 42.5 Å². The van der Waals surface area contributed by atoms with E-state index in [1.165, 1.54) is 0 Å². The number of carbonyl (C=O) groups excluding carboxylic acids is 2. The molecule has 0 radical (unpaired) electrons. The van der Waals surface area contributed by atoms with E-state index in [4.69, 9.17) is 4.74 Å². The molecule has 1 fully saturated rings. The quantitative estimate of drug-likeness (QED) is 0.462. The van der Waals surface area contributed by atoms with Crippen LogP contribution in [0.1, 0.15) is 42.5 Å². The van der Waals surface area contributed by atoms with E-state index >= 15 is 0 Å². The van der Waals surface area contributed by atoms with Gasteiger partial charge in [-0.2, -0.15) is 0 Å². The van der Waals surface area contributed by atoms with Gasteiger partial charge in [0.05, 0.1) is 0 Å². The van der Waals surface area contributed by atoms with E-state index in [1.807, 2.05) is 30.3 Å². The Labute approximate surface area is 113 Å². The molecule has 0 amide bonds. The van der Waals surface area contributed by atoms with E-state index in [0.29, 0.717) is 19.3 Å². The molecule has 2 rings (SSSR count). The van der Waals surface area contributed by atoms with E-state index in [2.05, 4.69) is 6.58 Å². The number of hydrogen-bond acceptors (Lipinski definition) is 3. The zero-order valence-electron chi connectivity index (χ0n) is 10.9. The molecule has 1 atom stereocenters. The summed E-state index contributed by atoms with van der Waals surface area (Å²) in [7, 11) is 0. The van der Waals surface area contributed by atoms with Gasteiger partial charge >= 0.3 is 5.97 Å².